The molecular weight excluding hydrogens is 296 g/mol. The molecule has 116 valence electrons. The Morgan fingerprint density at radius 3 is 2.29 bits per heavy atom. The van der Waals surface area contributed by atoms with E-state index in [4.69, 9.17) is 5.73 Å². The lowest BCUT2D eigenvalue weighted by Crippen LogP contribution is -2.48. The average molecular weight is 314 g/mol. The maximum Gasteiger partial charge on any atom is 0.292 e. The molecule has 9 heteroatoms. The molecule has 0 bridgehead atoms. The van der Waals surface area contributed by atoms with Crippen molar-refractivity contribution in [1.82, 2.24) is 4.31 Å². The second kappa shape index (κ2) is 5.49. The van der Waals surface area contributed by atoms with Gasteiger partial charge in [0.25, 0.3) is 5.69 Å². The summed E-state index contributed by atoms with van der Waals surface area (Å²) in [6.07, 6.45) is 1.16. The van der Waals surface area contributed by atoms with Crippen molar-refractivity contribution in [3.63, 3.8) is 0 Å². The molecule has 0 unspecified atom stereocenters. The molecule has 0 atom stereocenters. The van der Waals surface area contributed by atoms with Gasteiger partial charge in [-0.1, -0.05) is 0 Å². The highest BCUT2D eigenvalue weighted by atomic mass is 32.2. The molecule has 8 nitrogen and oxygen atoms in total. The van der Waals surface area contributed by atoms with Crippen LogP contribution in [0.2, 0.25) is 0 Å². The molecule has 2 rings (SSSR count). The van der Waals surface area contributed by atoms with Gasteiger partial charge in [-0.05, 0) is 18.6 Å². The Labute approximate surface area is 123 Å². The molecule has 1 fully saturated rings. The smallest absolute Gasteiger partial charge is 0.292 e. The lowest BCUT2D eigenvalue weighted by molar-refractivity contribution is -0.384. The molecule has 1 aliphatic rings. The van der Waals surface area contributed by atoms with E-state index in [2.05, 4.69) is 0 Å². The summed E-state index contributed by atoms with van der Waals surface area (Å²) in [4.78, 5) is 12.5. The number of nitro benzene ring substituents is 1. The van der Waals surface area contributed by atoms with E-state index in [0.717, 1.165) is 6.26 Å². The summed E-state index contributed by atoms with van der Waals surface area (Å²) in [5.41, 5.74) is 7.41. The van der Waals surface area contributed by atoms with Gasteiger partial charge in [0.1, 0.15) is 5.69 Å². The zero-order valence-electron chi connectivity index (χ0n) is 11.9. The fourth-order valence-corrected chi connectivity index (χ4v) is 3.18. The lowest BCUT2D eigenvalue weighted by Gasteiger charge is -2.34. The number of aryl methyl sites for hydroxylation is 1. The molecule has 0 radical (unpaired) electrons. The quantitative estimate of drug-likeness (QED) is 0.496. The fourth-order valence-electron chi connectivity index (χ4n) is 2.36. The Morgan fingerprint density at radius 1 is 1.24 bits per heavy atom. The van der Waals surface area contributed by atoms with Gasteiger partial charge in [0.2, 0.25) is 10.0 Å². The molecule has 0 spiro atoms. The second-order valence-corrected chi connectivity index (χ2v) is 7.09. The van der Waals surface area contributed by atoms with Crippen LogP contribution in [0.3, 0.4) is 0 Å². The number of anilines is 2. The van der Waals surface area contributed by atoms with Crippen LogP contribution in [0, 0.1) is 17.0 Å². The molecule has 0 amide bonds. The van der Waals surface area contributed by atoms with Crippen molar-refractivity contribution >= 4 is 27.1 Å². The second-order valence-electron chi connectivity index (χ2n) is 5.10. The predicted molar refractivity (Wildman–Crippen MR) is 80.9 cm³/mol. The van der Waals surface area contributed by atoms with E-state index < -0.39 is 14.9 Å². The predicted octanol–water partition coefficient (Wildman–Crippen LogP) is 0.567. The highest BCUT2D eigenvalue weighted by molar-refractivity contribution is 7.88. The third-order valence-corrected chi connectivity index (χ3v) is 4.91. The minimum absolute atomic E-state index is 0.00509. The molecule has 21 heavy (non-hydrogen) atoms. The van der Waals surface area contributed by atoms with E-state index in [9.17, 15) is 18.5 Å². The monoisotopic (exact) mass is 314 g/mol. The van der Waals surface area contributed by atoms with Crippen LogP contribution in [0.25, 0.3) is 0 Å². The van der Waals surface area contributed by atoms with Gasteiger partial charge >= 0.3 is 0 Å². The van der Waals surface area contributed by atoms with Crippen molar-refractivity contribution < 1.29 is 13.3 Å². The third-order valence-electron chi connectivity index (χ3n) is 3.61. The van der Waals surface area contributed by atoms with Crippen molar-refractivity contribution in [2.24, 2.45) is 0 Å². The molecule has 0 aromatic heterocycles. The molecule has 1 saturated heterocycles. The van der Waals surface area contributed by atoms with Crippen molar-refractivity contribution in [3.8, 4) is 0 Å². The van der Waals surface area contributed by atoms with Crippen LogP contribution in [-0.2, 0) is 10.0 Å². The minimum atomic E-state index is -3.22. The largest absolute Gasteiger partial charge is 0.398 e. The Bertz CT molecular complexity index is 666. The van der Waals surface area contributed by atoms with Crippen LogP contribution in [0.1, 0.15) is 5.56 Å². The van der Waals surface area contributed by atoms with E-state index in [1.54, 1.807) is 17.9 Å². The van der Waals surface area contributed by atoms with E-state index >= 15 is 0 Å². The van der Waals surface area contributed by atoms with Crippen molar-refractivity contribution in [2.75, 3.05) is 43.1 Å². The number of hydrogen-bond donors (Lipinski definition) is 1. The van der Waals surface area contributed by atoms with Crippen molar-refractivity contribution in [3.05, 3.63) is 27.8 Å². The van der Waals surface area contributed by atoms with Crippen LogP contribution in [0.4, 0.5) is 17.1 Å². The first-order chi connectivity index (χ1) is 9.70. The number of rotatable bonds is 3. The van der Waals surface area contributed by atoms with E-state index in [1.165, 1.54) is 10.4 Å². The number of nitrogens with zero attached hydrogens (tertiary/aromatic N) is 3. The summed E-state index contributed by atoms with van der Waals surface area (Å²) in [6, 6.07) is 3.04. The maximum absolute atomic E-state index is 11.5. The topological polar surface area (TPSA) is 110 Å². The van der Waals surface area contributed by atoms with Crippen LogP contribution >= 0.6 is 0 Å². The summed E-state index contributed by atoms with van der Waals surface area (Å²) in [5.74, 6) is 0. The van der Waals surface area contributed by atoms with Gasteiger partial charge in [-0.3, -0.25) is 10.1 Å². The maximum atomic E-state index is 11.5. The van der Waals surface area contributed by atoms with E-state index in [0.29, 0.717) is 43.1 Å². The van der Waals surface area contributed by atoms with Crippen LogP contribution < -0.4 is 10.6 Å². The van der Waals surface area contributed by atoms with Gasteiger partial charge in [-0.2, -0.15) is 4.31 Å². The fraction of sp³-hybridized carbons (Fsp3) is 0.500. The number of sulfonamides is 1. The van der Waals surface area contributed by atoms with Crippen LogP contribution in [0.5, 0.6) is 0 Å². The van der Waals surface area contributed by atoms with Gasteiger partial charge in [0.05, 0.1) is 11.2 Å². The normalized spacial score (nSPS) is 17.0. The minimum Gasteiger partial charge on any atom is -0.398 e. The summed E-state index contributed by atoms with van der Waals surface area (Å²) < 4.78 is 24.3. The standard InChI is InChI=1S/C12H18N4O4S/c1-9-7-12(16(17)18)11(8-10(9)13)14-3-5-15(6-4-14)21(2,19)20/h7-8H,3-6,13H2,1-2H3. The van der Waals surface area contributed by atoms with Crippen molar-refractivity contribution in [1.29, 1.82) is 0 Å². The van der Waals surface area contributed by atoms with Gasteiger partial charge in [0, 0.05) is 37.9 Å². The first-order valence-electron chi connectivity index (χ1n) is 6.44. The number of benzene rings is 1. The number of nitrogens with two attached hydrogens (primary N) is 1. The van der Waals surface area contributed by atoms with Gasteiger partial charge in [-0.15, -0.1) is 0 Å². The number of hydrogen-bond acceptors (Lipinski definition) is 6. The van der Waals surface area contributed by atoms with E-state index in [-0.39, 0.29) is 5.69 Å². The molecule has 1 aromatic rings. The number of nitro groups is 1. The highest BCUT2D eigenvalue weighted by Gasteiger charge is 2.27. The van der Waals surface area contributed by atoms with Crippen molar-refractivity contribution in [2.45, 2.75) is 6.92 Å². The Balaban J connectivity index is 2.28. The zero-order valence-corrected chi connectivity index (χ0v) is 12.8. The number of piperazine rings is 1. The molecule has 0 aliphatic carbocycles. The summed E-state index contributed by atoms with van der Waals surface area (Å²) in [5, 5.41) is 11.2. The van der Waals surface area contributed by atoms with Gasteiger partial charge < -0.3 is 10.6 Å². The number of nitrogen functional groups attached to an aromatic ring is 1. The summed E-state index contributed by atoms with van der Waals surface area (Å²) in [6.45, 7) is 3.13. The molecular formula is C12H18N4O4S. The molecule has 2 N–H and O–H groups in total. The molecule has 1 heterocycles. The SMILES string of the molecule is Cc1cc([N+](=O)[O-])c(N2CCN(S(C)(=O)=O)CC2)cc1N. The van der Waals surface area contributed by atoms with Crippen LogP contribution in [-0.4, -0.2) is 50.1 Å². The summed E-state index contributed by atoms with van der Waals surface area (Å²) >= 11 is 0. The average Bonchev–Trinajstić information content (AvgIpc) is 2.40. The van der Waals surface area contributed by atoms with Gasteiger partial charge in [-0.25, -0.2) is 8.42 Å². The van der Waals surface area contributed by atoms with Crippen LogP contribution in [0.15, 0.2) is 12.1 Å². The first kappa shape index (κ1) is 15.5. The summed E-state index contributed by atoms with van der Waals surface area (Å²) in [7, 11) is -3.22. The molecule has 1 aliphatic heterocycles. The van der Waals surface area contributed by atoms with Gasteiger partial charge in [0.15, 0.2) is 0 Å². The zero-order chi connectivity index (χ0) is 15.8. The first-order valence-corrected chi connectivity index (χ1v) is 8.29. The highest BCUT2D eigenvalue weighted by Crippen LogP contribution is 2.33. The molecule has 1 aromatic carbocycles. The van der Waals surface area contributed by atoms with E-state index in [1.807, 2.05) is 0 Å². The lowest BCUT2D eigenvalue weighted by atomic mass is 10.1. The Hall–Kier alpha value is -1.87. The molecule has 0 saturated carbocycles. The third kappa shape index (κ3) is 3.24. The Morgan fingerprint density at radius 2 is 1.81 bits per heavy atom. The Kier molecular flexibility index (Phi) is 4.06.